The highest BCUT2D eigenvalue weighted by Gasteiger charge is 2.08. The fourth-order valence-corrected chi connectivity index (χ4v) is 1.99. The Hall–Kier alpha value is -1.03. The van der Waals surface area contributed by atoms with Gasteiger partial charge < -0.3 is 4.42 Å². The molecular formula is C12H14BrNO2. The highest BCUT2D eigenvalue weighted by atomic mass is 79.9. The Morgan fingerprint density at radius 2 is 2.25 bits per heavy atom. The second kappa shape index (κ2) is 4.45. The molecule has 16 heavy (non-hydrogen) atoms. The summed E-state index contributed by atoms with van der Waals surface area (Å²) in [6.45, 7) is 2.18. The molecule has 2 rings (SSSR count). The molecule has 0 saturated heterocycles. The molecule has 4 heteroatoms. The summed E-state index contributed by atoms with van der Waals surface area (Å²) in [5.74, 6) is 0.272. The molecule has 0 saturated carbocycles. The van der Waals surface area contributed by atoms with Crippen molar-refractivity contribution in [2.75, 3.05) is 5.33 Å². The van der Waals surface area contributed by atoms with Gasteiger partial charge in [0, 0.05) is 12.4 Å². The number of fused-ring (bicyclic) bond motifs is 1. The number of hydrogen-bond acceptors (Lipinski definition) is 2. The second-order valence-corrected chi connectivity index (χ2v) is 4.84. The largest absolute Gasteiger partial charge is 0.419 e. The SMILES string of the molecule is CC(CBr)Cc1ccc2c(c1)oc(=O)n2C. The number of hydrogen-bond donors (Lipinski definition) is 0. The van der Waals surface area contributed by atoms with Gasteiger partial charge in [-0.2, -0.15) is 0 Å². The van der Waals surface area contributed by atoms with Gasteiger partial charge in [-0.05, 0) is 30.0 Å². The maximum Gasteiger partial charge on any atom is 0.419 e. The van der Waals surface area contributed by atoms with Crippen molar-refractivity contribution in [1.29, 1.82) is 0 Å². The number of halogens is 1. The standard InChI is InChI=1S/C12H14BrNO2/c1-8(7-13)5-9-3-4-10-11(6-9)16-12(15)14(10)2/h3-4,6,8H,5,7H2,1-2H3. The first-order chi connectivity index (χ1) is 7.61. The third-order valence-corrected chi connectivity index (χ3v) is 3.81. The normalized spacial score (nSPS) is 13.2. The van der Waals surface area contributed by atoms with Gasteiger partial charge in [-0.1, -0.05) is 28.9 Å². The van der Waals surface area contributed by atoms with E-state index in [2.05, 4.69) is 28.9 Å². The molecular weight excluding hydrogens is 270 g/mol. The molecule has 0 radical (unpaired) electrons. The van der Waals surface area contributed by atoms with Crippen LogP contribution in [0, 0.1) is 5.92 Å². The Kier molecular flexibility index (Phi) is 3.19. The van der Waals surface area contributed by atoms with Crippen molar-refractivity contribution in [3.63, 3.8) is 0 Å². The van der Waals surface area contributed by atoms with E-state index in [9.17, 15) is 4.79 Å². The molecule has 0 aliphatic carbocycles. The topological polar surface area (TPSA) is 35.1 Å². The van der Waals surface area contributed by atoms with Crippen LogP contribution < -0.4 is 5.76 Å². The fraction of sp³-hybridized carbons (Fsp3) is 0.417. The van der Waals surface area contributed by atoms with E-state index in [4.69, 9.17) is 4.42 Å². The van der Waals surface area contributed by atoms with Gasteiger partial charge in [-0.15, -0.1) is 0 Å². The Bertz CT molecular complexity index is 556. The van der Waals surface area contributed by atoms with Crippen LogP contribution in [-0.2, 0) is 13.5 Å². The minimum Gasteiger partial charge on any atom is -0.408 e. The lowest BCUT2D eigenvalue weighted by Gasteiger charge is -2.06. The summed E-state index contributed by atoms with van der Waals surface area (Å²) in [6, 6.07) is 5.95. The summed E-state index contributed by atoms with van der Waals surface area (Å²) < 4.78 is 6.67. The van der Waals surface area contributed by atoms with Gasteiger partial charge in [0.1, 0.15) is 0 Å². The van der Waals surface area contributed by atoms with E-state index in [1.54, 1.807) is 7.05 Å². The number of aryl methyl sites for hydroxylation is 1. The van der Waals surface area contributed by atoms with Crippen molar-refractivity contribution in [2.24, 2.45) is 13.0 Å². The van der Waals surface area contributed by atoms with Crippen LogP contribution >= 0.6 is 15.9 Å². The summed E-state index contributed by atoms with van der Waals surface area (Å²) in [7, 11) is 1.72. The number of alkyl halides is 1. The predicted molar refractivity (Wildman–Crippen MR) is 68.1 cm³/mol. The van der Waals surface area contributed by atoms with E-state index < -0.39 is 0 Å². The summed E-state index contributed by atoms with van der Waals surface area (Å²) in [5, 5.41) is 0.976. The van der Waals surface area contributed by atoms with Gasteiger partial charge in [0.15, 0.2) is 5.58 Å². The zero-order valence-electron chi connectivity index (χ0n) is 9.37. The molecule has 1 atom stereocenters. The quantitative estimate of drug-likeness (QED) is 0.812. The lowest BCUT2D eigenvalue weighted by Crippen LogP contribution is -2.08. The maximum absolute atomic E-state index is 11.3. The molecule has 0 N–H and O–H groups in total. The van der Waals surface area contributed by atoms with Crippen molar-refractivity contribution < 1.29 is 4.42 Å². The van der Waals surface area contributed by atoms with E-state index >= 15 is 0 Å². The minimum atomic E-state index is -0.305. The molecule has 0 aliphatic rings. The van der Waals surface area contributed by atoms with Crippen LogP contribution in [0.15, 0.2) is 27.4 Å². The second-order valence-electron chi connectivity index (χ2n) is 4.19. The van der Waals surface area contributed by atoms with Crippen LogP contribution in [0.5, 0.6) is 0 Å². The van der Waals surface area contributed by atoms with Crippen LogP contribution in [0.25, 0.3) is 11.1 Å². The molecule has 0 fully saturated rings. The first kappa shape index (κ1) is 11.5. The lowest BCUT2D eigenvalue weighted by molar-refractivity contribution is 0.527. The number of oxazole rings is 1. The van der Waals surface area contributed by atoms with Crippen molar-refractivity contribution in [3.8, 4) is 0 Å². The average molecular weight is 284 g/mol. The lowest BCUT2D eigenvalue weighted by atomic mass is 10.0. The van der Waals surface area contributed by atoms with E-state index in [-0.39, 0.29) is 5.76 Å². The zero-order chi connectivity index (χ0) is 11.7. The summed E-state index contributed by atoms with van der Waals surface area (Å²) in [4.78, 5) is 11.3. The molecule has 2 aromatic rings. The predicted octanol–water partition coefficient (Wildman–Crippen LogP) is 2.71. The van der Waals surface area contributed by atoms with Crippen LogP contribution in [0.4, 0.5) is 0 Å². The van der Waals surface area contributed by atoms with E-state index in [1.807, 2.05) is 12.1 Å². The Labute approximate surface area is 102 Å². The molecule has 0 bridgehead atoms. The Morgan fingerprint density at radius 3 is 2.94 bits per heavy atom. The van der Waals surface area contributed by atoms with Gasteiger partial charge in [0.2, 0.25) is 0 Å². The van der Waals surface area contributed by atoms with Gasteiger partial charge in [0.05, 0.1) is 5.52 Å². The molecule has 1 aromatic carbocycles. The van der Waals surface area contributed by atoms with Gasteiger partial charge in [-0.3, -0.25) is 4.57 Å². The van der Waals surface area contributed by atoms with E-state index in [0.29, 0.717) is 11.5 Å². The van der Waals surface area contributed by atoms with Gasteiger partial charge in [-0.25, -0.2) is 4.79 Å². The van der Waals surface area contributed by atoms with Gasteiger partial charge in [0.25, 0.3) is 0 Å². The maximum atomic E-state index is 11.3. The summed E-state index contributed by atoms with van der Waals surface area (Å²) >= 11 is 3.46. The molecule has 0 amide bonds. The van der Waals surface area contributed by atoms with Crippen molar-refractivity contribution >= 4 is 27.0 Å². The molecule has 86 valence electrons. The first-order valence-corrected chi connectivity index (χ1v) is 6.38. The minimum absolute atomic E-state index is 0.305. The van der Waals surface area contributed by atoms with Crippen molar-refractivity contribution in [1.82, 2.24) is 4.57 Å². The molecule has 3 nitrogen and oxygen atoms in total. The third kappa shape index (κ3) is 2.07. The summed E-state index contributed by atoms with van der Waals surface area (Å²) in [6.07, 6.45) is 0.986. The highest BCUT2D eigenvalue weighted by molar-refractivity contribution is 9.09. The summed E-state index contributed by atoms with van der Waals surface area (Å²) in [5.41, 5.74) is 2.72. The molecule has 0 aliphatic heterocycles. The number of rotatable bonds is 3. The van der Waals surface area contributed by atoms with Crippen LogP contribution in [0.2, 0.25) is 0 Å². The van der Waals surface area contributed by atoms with Gasteiger partial charge >= 0.3 is 5.76 Å². The molecule has 1 aromatic heterocycles. The van der Waals surface area contributed by atoms with E-state index in [0.717, 1.165) is 17.3 Å². The Balaban J connectivity index is 2.41. The average Bonchev–Trinajstić information content (AvgIpc) is 2.54. The van der Waals surface area contributed by atoms with E-state index in [1.165, 1.54) is 10.1 Å². The van der Waals surface area contributed by atoms with Crippen LogP contribution in [0.3, 0.4) is 0 Å². The zero-order valence-corrected chi connectivity index (χ0v) is 11.0. The first-order valence-electron chi connectivity index (χ1n) is 5.26. The fourth-order valence-electron chi connectivity index (χ4n) is 1.76. The number of aromatic nitrogens is 1. The van der Waals surface area contributed by atoms with Crippen LogP contribution in [0.1, 0.15) is 12.5 Å². The molecule has 0 spiro atoms. The van der Waals surface area contributed by atoms with Crippen molar-refractivity contribution in [2.45, 2.75) is 13.3 Å². The highest BCUT2D eigenvalue weighted by Crippen LogP contribution is 2.17. The third-order valence-electron chi connectivity index (χ3n) is 2.70. The smallest absolute Gasteiger partial charge is 0.408 e. The monoisotopic (exact) mass is 283 g/mol. The number of nitrogens with zero attached hydrogens (tertiary/aromatic N) is 1. The van der Waals surface area contributed by atoms with Crippen molar-refractivity contribution in [3.05, 3.63) is 34.3 Å². The van der Waals surface area contributed by atoms with Crippen LogP contribution in [-0.4, -0.2) is 9.90 Å². The molecule has 1 unspecified atom stereocenters. The Morgan fingerprint density at radius 1 is 1.50 bits per heavy atom. The molecule has 1 heterocycles. The number of benzene rings is 1.